The first-order chi connectivity index (χ1) is 15.0. The van der Waals surface area contributed by atoms with E-state index < -0.39 is 5.54 Å². The van der Waals surface area contributed by atoms with Gasteiger partial charge in [0.25, 0.3) is 0 Å². The molecule has 3 atom stereocenters. The normalized spacial score (nSPS) is 27.0. The van der Waals surface area contributed by atoms with Crippen molar-refractivity contribution in [2.45, 2.75) is 44.1 Å². The highest BCUT2D eigenvalue weighted by Gasteiger charge is 2.54. The Morgan fingerprint density at radius 2 is 1.71 bits per heavy atom. The first-order valence-electron chi connectivity index (χ1n) is 11.4. The average Bonchev–Trinajstić information content (AvgIpc) is 2.76. The van der Waals surface area contributed by atoms with E-state index in [9.17, 15) is 9.59 Å². The largest absolute Gasteiger partial charge is 0.378 e. The van der Waals surface area contributed by atoms with E-state index in [1.54, 1.807) is 0 Å². The Morgan fingerprint density at radius 1 is 1.03 bits per heavy atom. The number of hydrogen-bond donors (Lipinski definition) is 1. The van der Waals surface area contributed by atoms with Crippen molar-refractivity contribution in [3.63, 3.8) is 0 Å². The monoisotopic (exact) mass is 417 g/mol. The molecule has 0 radical (unpaired) electrons. The highest BCUT2D eigenvalue weighted by molar-refractivity contribution is 6.01. The molecule has 5 heteroatoms. The fourth-order valence-corrected chi connectivity index (χ4v) is 5.82. The van der Waals surface area contributed by atoms with Crippen LogP contribution < -0.4 is 10.2 Å². The molecule has 2 fully saturated rings. The minimum atomic E-state index is -0.719. The van der Waals surface area contributed by atoms with E-state index in [1.165, 1.54) is 11.1 Å². The zero-order valence-corrected chi connectivity index (χ0v) is 18.4. The molecule has 162 valence electrons. The molecule has 0 aromatic heterocycles. The number of carbonyl (C=O) groups is 2. The van der Waals surface area contributed by atoms with Crippen LogP contribution in [0, 0.1) is 11.8 Å². The second-order valence-corrected chi connectivity index (χ2v) is 9.66. The number of amides is 2. The Hall–Kier alpha value is -2.82. The van der Waals surface area contributed by atoms with Crippen molar-refractivity contribution < 1.29 is 9.59 Å². The third-order valence-electron chi connectivity index (χ3n) is 7.71. The molecule has 1 aliphatic heterocycles. The summed E-state index contributed by atoms with van der Waals surface area (Å²) in [7, 11) is 4.00. The smallest absolute Gasteiger partial charge is 0.250 e. The number of anilines is 2. The molecule has 3 unspecified atom stereocenters. The van der Waals surface area contributed by atoms with Crippen LogP contribution in [-0.2, 0) is 22.4 Å². The summed E-state index contributed by atoms with van der Waals surface area (Å²) in [6.07, 6.45) is 5.18. The zero-order valence-electron chi connectivity index (χ0n) is 18.4. The molecular weight excluding hydrogens is 386 g/mol. The van der Waals surface area contributed by atoms with Gasteiger partial charge in [0.15, 0.2) is 0 Å². The summed E-state index contributed by atoms with van der Waals surface area (Å²) >= 11 is 0. The summed E-state index contributed by atoms with van der Waals surface area (Å²) < 4.78 is 0. The molecule has 2 aromatic rings. The maximum absolute atomic E-state index is 13.7. The van der Waals surface area contributed by atoms with Crippen LogP contribution in [0.15, 0.2) is 48.5 Å². The Bertz CT molecular complexity index is 1000. The Labute approximate surface area is 184 Å². The molecular formula is C26H31N3O2. The van der Waals surface area contributed by atoms with Gasteiger partial charge in [-0.3, -0.25) is 9.59 Å². The molecule has 1 heterocycles. The molecule has 1 N–H and O–H groups in total. The molecule has 5 rings (SSSR count). The lowest BCUT2D eigenvalue weighted by Gasteiger charge is -2.53. The highest BCUT2D eigenvalue weighted by Crippen LogP contribution is 2.47. The van der Waals surface area contributed by atoms with Crippen molar-refractivity contribution in [2.75, 3.05) is 30.9 Å². The van der Waals surface area contributed by atoms with Gasteiger partial charge in [-0.25, -0.2) is 0 Å². The van der Waals surface area contributed by atoms with Crippen LogP contribution in [0.5, 0.6) is 0 Å². The van der Waals surface area contributed by atoms with Crippen LogP contribution in [0.3, 0.4) is 0 Å². The third-order valence-corrected chi connectivity index (χ3v) is 7.71. The number of nitrogens with one attached hydrogen (secondary N) is 1. The van der Waals surface area contributed by atoms with Crippen LogP contribution in [0.25, 0.3) is 0 Å². The SMILES string of the molecule is CN(C)c1ccc(NC(=O)C2(N3CCC3=O)CCC3Cc4ccccc4CC3C2)cc1. The van der Waals surface area contributed by atoms with Crippen molar-refractivity contribution in [1.82, 2.24) is 4.90 Å². The van der Waals surface area contributed by atoms with Gasteiger partial charge in [0.2, 0.25) is 11.8 Å². The molecule has 1 saturated heterocycles. The molecule has 3 aliphatic rings. The number of hydrogen-bond acceptors (Lipinski definition) is 3. The van der Waals surface area contributed by atoms with Gasteiger partial charge < -0.3 is 15.1 Å². The summed E-state index contributed by atoms with van der Waals surface area (Å²) in [6.45, 7) is 0.694. The van der Waals surface area contributed by atoms with Crippen molar-refractivity contribution in [2.24, 2.45) is 11.8 Å². The number of benzene rings is 2. The molecule has 1 saturated carbocycles. The maximum Gasteiger partial charge on any atom is 0.250 e. The first-order valence-corrected chi connectivity index (χ1v) is 11.4. The van der Waals surface area contributed by atoms with E-state index in [4.69, 9.17) is 0 Å². The second kappa shape index (κ2) is 7.70. The molecule has 2 amide bonds. The lowest BCUT2D eigenvalue weighted by atomic mass is 9.62. The summed E-state index contributed by atoms with van der Waals surface area (Å²) in [5.41, 5.74) is 4.03. The number of fused-ring (bicyclic) bond motifs is 2. The van der Waals surface area contributed by atoms with E-state index in [2.05, 4.69) is 29.6 Å². The fourth-order valence-electron chi connectivity index (χ4n) is 5.82. The van der Waals surface area contributed by atoms with Gasteiger partial charge in [0.1, 0.15) is 5.54 Å². The predicted octanol–water partition coefficient (Wildman–Crippen LogP) is 3.88. The molecule has 31 heavy (non-hydrogen) atoms. The Kier molecular flexibility index (Phi) is 4.99. The van der Waals surface area contributed by atoms with Crippen LogP contribution in [-0.4, -0.2) is 42.9 Å². The highest BCUT2D eigenvalue weighted by atomic mass is 16.2. The minimum Gasteiger partial charge on any atom is -0.378 e. The summed E-state index contributed by atoms with van der Waals surface area (Å²) in [6, 6.07) is 16.6. The van der Waals surface area contributed by atoms with E-state index in [0.29, 0.717) is 24.8 Å². The van der Waals surface area contributed by atoms with Gasteiger partial charge in [0.05, 0.1) is 0 Å². The van der Waals surface area contributed by atoms with Crippen LogP contribution in [0.2, 0.25) is 0 Å². The number of β-lactam (4-membered cyclic amide) rings is 1. The van der Waals surface area contributed by atoms with Gasteiger partial charge in [0, 0.05) is 38.4 Å². The Balaban J connectivity index is 1.40. The number of likely N-dealkylation sites (tertiary alicyclic amines) is 1. The first kappa shape index (κ1) is 20.1. The van der Waals surface area contributed by atoms with Gasteiger partial charge in [-0.2, -0.15) is 0 Å². The van der Waals surface area contributed by atoms with E-state index in [1.807, 2.05) is 48.2 Å². The molecule has 2 aromatic carbocycles. The van der Waals surface area contributed by atoms with Crippen LogP contribution in [0.1, 0.15) is 36.8 Å². The fraction of sp³-hybridized carbons (Fsp3) is 0.462. The summed E-state index contributed by atoms with van der Waals surface area (Å²) in [5.74, 6) is 1.15. The summed E-state index contributed by atoms with van der Waals surface area (Å²) in [5, 5.41) is 3.15. The van der Waals surface area contributed by atoms with Gasteiger partial charge in [-0.05, 0) is 79.3 Å². The van der Waals surface area contributed by atoms with Gasteiger partial charge >= 0.3 is 0 Å². The number of rotatable bonds is 4. The van der Waals surface area contributed by atoms with Crippen molar-refractivity contribution in [3.8, 4) is 0 Å². The van der Waals surface area contributed by atoms with Crippen LogP contribution >= 0.6 is 0 Å². The predicted molar refractivity (Wildman–Crippen MR) is 123 cm³/mol. The second-order valence-electron chi connectivity index (χ2n) is 9.66. The average molecular weight is 418 g/mol. The van der Waals surface area contributed by atoms with Crippen molar-refractivity contribution >= 4 is 23.2 Å². The quantitative estimate of drug-likeness (QED) is 0.768. The molecule has 0 spiro atoms. The van der Waals surface area contributed by atoms with Gasteiger partial charge in [-0.1, -0.05) is 24.3 Å². The third kappa shape index (κ3) is 3.50. The lowest BCUT2D eigenvalue weighted by molar-refractivity contribution is -0.159. The maximum atomic E-state index is 13.7. The zero-order chi connectivity index (χ0) is 21.6. The van der Waals surface area contributed by atoms with Gasteiger partial charge in [-0.15, -0.1) is 0 Å². The summed E-state index contributed by atoms with van der Waals surface area (Å²) in [4.78, 5) is 30.1. The molecule has 5 nitrogen and oxygen atoms in total. The van der Waals surface area contributed by atoms with E-state index >= 15 is 0 Å². The molecule has 0 bridgehead atoms. The number of nitrogens with zero attached hydrogens (tertiary/aromatic N) is 2. The van der Waals surface area contributed by atoms with E-state index in [-0.39, 0.29) is 11.8 Å². The number of carbonyl (C=O) groups excluding carboxylic acids is 2. The molecule has 2 aliphatic carbocycles. The lowest BCUT2D eigenvalue weighted by Crippen LogP contribution is -2.66. The van der Waals surface area contributed by atoms with Crippen molar-refractivity contribution in [1.29, 1.82) is 0 Å². The standard InChI is InChI=1S/C26H31N3O2/c1-28(2)23-9-7-22(8-10-23)27-25(31)26(29-14-12-24(29)30)13-11-20-15-18-5-3-4-6-19(18)16-21(20)17-26/h3-10,20-21H,11-17H2,1-2H3,(H,27,31). The Morgan fingerprint density at radius 3 is 2.29 bits per heavy atom. The minimum absolute atomic E-state index is 0.0181. The topological polar surface area (TPSA) is 52.7 Å². The van der Waals surface area contributed by atoms with E-state index in [0.717, 1.165) is 43.5 Å². The van der Waals surface area contributed by atoms with Crippen molar-refractivity contribution in [3.05, 3.63) is 59.7 Å². The van der Waals surface area contributed by atoms with Crippen LogP contribution in [0.4, 0.5) is 11.4 Å².